The van der Waals surface area contributed by atoms with Crippen LogP contribution < -0.4 is 10.2 Å². The van der Waals surface area contributed by atoms with E-state index in [0.717, 1.165) is 34.8 Å². The van der Waals surface area contributed by atoms with Gasteiger partial charge in [0.2, 0.25) is 5.91 Å². The molecule has 2 heterocycles. The predicted octanol–water partition coefficient (Wildman–Crippen LogP) is 2.42. The largest absolute Gasteiger partial charge is 0.310 e. The van der Waals surface area contributed by atoms with Gasteiger partial charge in [-0.25, -0.2) is 0 Å². The first-order valence-electron chi connectivity index (χ1n) is 5.66. The van der Waals surface area contributed by atoms with Crippen LogP contribution in [0.1, 0.15) is 5.56 Å². The number of anilines is 1. The summed E-state index contributed by atoms with van der Waals surface area (Å²) in [6.07, 6.45) is 0.959. The van der Waals surface area contributed by atoms with Crippen molar-refractivity contribution in [2.45, 2.75) is 12.5 Å². The average molecular weight is 350 g/mol. The zero-order valence-corrected chi connectivity index (χ0v) is 12.9. The second kappa shape index (κ2) is 5.82. The molecular weight excluding hydrogens is 336 g/mol. The molecule has 3 nitrogen and oxygen atoms in total. The second-order valence-electron chi connectivity index (χ2n) is 4.28. The van der Waals surface area contributed by atoms with Gasteiger partial charge in [0.25, 0.3) is 0 Å². The number of nitrogens with zero attached hydrogens (tertiary/aromatic N) is 1. The van der Waals surface area contributed by atoms with Crippen LogP contribution in [0.4, 0.5) is 5.69 Å². The SMILES string of the molecule is Cl.O=C(C1CSCN1)N1CCc2cc(Br)ccc21. The van der Waals surface area contributed by atoms with Crippen molar-refractivity contribution in [2.75, 3.05) is 23.1 Å². The Kier molecular flexibility index (Phi) is 4.59. The van der Waals surface area contributed by atoms with Gasteiger partial charge in [-0.1, -0.05) is 15.9 Å². The molecule has 1 aromatic rings. The monoisotopic (exact) mass is 348 g/mol. The minimum Gasteiger partial charge on any atom is -0.310 e. The van der Waals surface area contributed by atoms with Gasteiger partial charge in [-0.05, 0) is 30.2 Å². The number of amides is 1. The summed E-state index contributed by atoms with van der Waals surface area (Å²) in [5, 5.41) is 3.24. The van der Waals surface area contributed by atoms with Gasteiger partial charge >= 0.3 is 0 Å². The smallest absolute Gasteiger partial charge is 0.245 e. The van der Waals surface area contributed by atoms with Gasteiger partial charge in [0, 0.05) is 28.3 Å². The lowest BCUT2D eigenvalue weighted by molar-refractivity contribution is -0.119. The molecule has 6 heteroatoms. The standard InChI is InChI=1S/C12H13BrN2OS.ClH/c13-9-1-2-11-8(5-9)3-4-15(11)12(16)10-6-17-7-14-10;/h1-2,5,10,14H,3-4,6-7H2;1H. The third-order valence-electron chi connectivity index (χ3n) is 3.22. The molecule has 2 aliphatic heterocycles. The van der Waals surface area contributed by atoms with E-state index in [1.807, 2.05) is 17.0 Å². The van der Waals surface area contributed by atoms with E-state index >= 15 is 0 Å². The van der Waals surface area contributed by atoms with E-state index in [1.165, 1.54) is 5.56 Å². The molecule has 2 aliphatic rings. The van der Waals surface area contributed by atoms with Crippen LogP contribution in [0.5, 0.6) is 0 Å². The van der Waals surface area contributed by atoms with Crippen molar-refractivity contribution in [2.24, 2.45) is 0 Å². The van der Waals surface area contributed by atoms with Gasteiger partial charge in [-0.15, -0.1) is 24.2 Å². The van der Waals surface area contributed by atoms with Crippen molar-refractivity contribution in [1.29, 1.82) is 0 Å². The lowest BCUT2D eigenvalue weighted by Gasteiger charge is -2.21. The molecule has 1 fully saturated rings. The highest BCUT2D eigenvalue weighted by Gasteiger charge is 2.31. The molecular formula is C12H14BrClN2OS. The highest BCUT2D eigenvalue weighted by molar-refractivity contribution is 9.10. The zero-order chi connectivity index (χ0) is 11.8. The number of hydrogen-bond acceptors (Lipinski definition) is 3. The number of rotatable bonds is 1. The minimum absolute atomic E-state index is 0. The number of fused-ring (bicyclic) bond motifs is 1. The Morgan fingerprint density at radius 1 is 1.50 bits per heavy atom. The molecule has 1 aromatic carbocycles. The van der Waals surface area contributed by atoms with E-state index in [0.29, 0.717) is 0 Å². The fourth-order valence-electron chi connectivity index (χ4n) is 2.34. The van der Waals surface area contributed by atoms with Crippen LogP contribution in [-0.4, -0.2) is 30.1 Å². The summed E-state index contributed by atoms with van der Waals surface area (Å²) in [5.41, 5.74) is 2.34. The quantitative estimate of drug-likeness (QED) is 0.845. The summed E-state index contributed by atoms with van der Waals surface area (Å²) in [6.45, 7) is 0.813. The van der Waals surface area contributed by atoms with Crippen molar-refractivity contribution in [3.05, 3.63) is 28.2 Å². The van der Waals surface area contributed by atoms with Crippen LogP contribution in [0, 0.1) is 0 Å². The fourth-order valence-corrected chi connectivity index (χ4v) is 3.68. The maximum Gasteiger partial charge on any atom is 0.245 e. The van der Waals surface area contributed by atoms with E-state index in [-0.39, 0.29) is 24.4 Å². The third-order valence-corrected chi connectivity index (χ3v) is 4.65. The number of carbonyl (C=O) groups is 1. The first kappa shape index (κ1) is 14.2. The number of carbonyl (C=O) groups excluding carboxylic acids is 1. The molecule has 0 aromatic heterocycles. The summed E-state index contributed by atoms with van der Waals surface area (Å²) in [6, 6.07) is 6.14. The van der Waals surface area contributed by atoms with Crippen molar-refractivity contribution in [3.8, 4) is 0 Å². The Bertz CT molecular complexity index is 465. The van der Waals surface area contributed by atoms with Gasteiger partial charge in [0.1, 0.15) is 0 Å². The molecule has 0 bridgehead atoms. The highest BCUT2D eigenvalue weighted by atomic mass is 79.9. The number of nitrogens with one attached hydrogen (secondary N) is 1. The molecule has 3 rings (SSSR count). The summed E-state index contributed by atoms with van der Waals surface area (Å²) >= 11 is 5.26. The summed E-state index contributed by atoms with van der Waals surface area (Å²) in [4.78, 5) is 14.3. The Morgan fingerprint density at radius 2 is 2.33 bits per heavy atom. The van der Waals surface area contributed by atoms with E-state index < -0.39 is 0 Å². The van der Waals surface area contributed by atoms with Gasteiger partial charge in [-0.2, -0.15) is 0 Å². The average Bonchev–Trinajstić information content (AvgIpc) is 2.96. The van der Waals surface area contributed by atoms with Crippen LogP contribution in [0.3, 0.4) is 0 Å². The predicted molar refractivity (Wildman–Crippen MR) is 81.7 cm³/mol. The maximum atomic E-state index is 12.3. The normalized spacial score (nSPS) is 21.6. The Labute approximate surface area is 125 Å². The maximum absolute atomic E-state index is 12.3. The number of hydrogen-bond donors (Lipinski definition) is 1. The topological polar surface area (TPSA) is 32.3 Å². The highest BCUT2D eigenvalue weighted by Crippen LogP contribution is 2.31. The molecule has 1 atom stereocenters. The Hall–Kier alpha value is -0.230. The van der Waals surface area contributed by atoms with Crippen molar-refractivity contribution < 1.29 is 4.79 Å². The molecule has 0 spiro atoms. The molecule has 1 unspecified atom stereocenters. The number of halogens is 2. The van der Waals surface area contributed by atoms with E-state index in [9.17, 15) is 4.79 Å². The lowest BCUT2D eigenvalue weighted by Crippen LogP contribution is -2.44. The van der Waals surface area contributed by atoms with Crippen LogP contribution in [-0.2, 0) is 11.2 Å². The molecule has 1 N–H and O–H groups in total. The van der Waals surface area contributed by atoms with Gasteiger partial charge < -0.3 is 4.90 Å². The van der Waals surface area contributed by atoms with Crippen LogP contribution >= 0.6 is 40.1 Å². The van der Waals surface area contributed by atoms with Crippen LogP contribution in [0.2, 0.25) is 0 Å². The first-order valence-corrected chi connectivity index (χ1v) is 7.61. The first-order chi connectivity index (χ1) is 8.25. The summed E-state index contributed by atoms with van der Waals surface area (Å²) in [5.74, 6) is 2.00. The van der Waals surface area contributed by atoms with Gasteiger partial charge in [-0.3, -0.25) is 10.1 Å². The third kappa shape index (κ3) is 2.54. The lowest BCUT2D eigenvalue weighted by atomic mass is 10.2. The van der Waals surface area contributed by atoms with E-state index in [2.05, 4.69) is 27.3 Å². The number of thioether (sulfide) groups is 1. The summed E-state index contributed by atoms with van der Waals surface area (Å²) in [7, 11) is 0. The van der Waals surface area contributed by atoms with Crippen molar-refractivity contribution in [1.82, 2.24) is 5.32 Å². The zero-order valence-electron chi connectivity index (χ0n) is 9.69. The summed E-state index contributed by atoms with van der Waals surface area (Å²) < 4.78 is 1.08. The molecule has 18 heavy (non-hydrogen) atoms. The van der Waals surface area contributed by atoms with Gasteiger partial charge in [0.05, 0.1) is 6.04 Å². The number of benzene rings is 1. The van der Waals surface area contributed by atoms with E-state index in [1.54, 1.807) is 11.8 Å². The molecule has 98 valence electrons. The molecule has 1 saturated heterocycles. The molecule has 1 amide bonds. The Balaban J connectivity index is 0.00000120. The van der Waals surface area contributed by atoms with Crippen LogP contribution in [0.15, 0.2) is 22.7 Å². The molecule has 0 radical (unpaired) electrons. The minimum atomic E-state index is -0.00500. The Morgan fingerprint density at radius 3 is 3.06 bits per heavy atom. The van der Waals surface area contributed by atoms with Crippen molar-refractivity contribution in [3.63, 3.8) is 0 Å². The second-order valence-corrected chi connectivity index (χ2v) is 6.23. The van der Waals surface area contributed by atoms with Gasteiger partial charge in [0.15, 0.2) is 0 Å². The molecule has 0 saturated carbocycles. The van der Waals surface area contributed by atoms with E-state index in [4.69, 9.17) is 0 Å². The van der Waals surface area contributed by atoms with Crippen LogP contribution in [0.25, 0.3) is 0 Å². The molecule has 0 aliphatic carbocycles. The van der Waals surface area contributed by atoms with Crippen molar-refractivity contribution >= 4 is 51.7 Å². The fraction of sp³-hybridized carbons (Fsp3) is 0.417.